The monoisotopic (exact) mass is 387 g/mol. The van der Waals surface area contributed by atoms with Crippen LogP contribution < -0.4 is 4.74 Å². The van der Waals surface area contributed by atoms with Crippen molar-refractivity contribution in [2.45, 2.75) is 38.2 Å². The Morgan fingerprint density at radius 2 is 1.79 bits per heavy atom. The average molecular weight is 387 g/mol. The summed E-state index contributed by atoms with van der Waals surface area (Å²) in [6.45, 7) is 0.127. The Hall–Kier alpha value is -2.98. The number of Topliss-reactive ketones (excluding diaryl/α,β-unsaturated/α-hetero) is 1. The largest absolute Gasteiger partial charge is 0.490 e. The van der Waals surface area contributed by atoms with E-state index in [0.717, 1.165) is 48.1 Å². The Morgan fingerprint density at radius 3 is 2.59 bits per heavy atom. The quantitative estimate of drug-likeness (QED) is 0.649. The van der Waals surface area contributed by atoms with Gasteiger partial charge in [0.25, 0.3) is 0 Å². The highest BCUT2D eigenvalue weighted by molar-refractivity contribution is 5.99. The number of benzene rings is 2. The van der Waals surface area contributed by atoms with Crippen molar-refractivity contribution in [3.05, 3.63) is 94.8 Å². The predicted molar refractivity (Wildman–Crippen MR) is 112 cm³/mol. The smallest absolute Gasteiger partial charge is 0.163 e. The Kier molecular flexibility index (Phi) is 6.01. The number of rotatable bonds is 7. The van der Waals surface area contributed by atoms with Gasteiger partial charge in [0.05, 0.1) is 5.69 Å². The van der Waals surface area contributed by atoms with Gasteiger partial charge in [0.1, 0.15) is 18.5 Å². The van der Waals surface area contributed by atoms with Gasteiger partial charge >= 0.3 is 0 Å². The third kappa shape index (κ3) is 4.54. The van der Waals surface area contributed by atoms with Crippen molar-refractivity contribution in [1.82, 2.24) is 4.98 Å². The minimum Gasteiger partial charge on any atom is -0.490 e. The maximum Gasteiger partial charge on any atom is 0.163 e. The van der Waals surface area contributed by atoms with Crippen molar-refractivity contribution in [2.24, 2.45) is 0 Å². The summed E-state index contributed by atoms with van der Waals surface area (Å²) < 4.78 is 6.04. The lowest BCUT2D eigenvalue weighted by molar-refractivity contribution is 0.0969. The number of fused-ring (bicyclic) bond motifs is 1. The minimum atomic E-state index is -0.796. The third-order valence-electron chi connectivity index (χ3n) is 5.45. The van der Waals surface area contributed by atoms with E-state index in [1.165, 1.54) is 5.56 Å². The lowest BCUT2D eigenvalue weighted by atomic mass is 9.85. The molecule has 1 atom stereocenters. The van der Waals surface area contributed by atoms with Gasteiger partial charge in [0.15, 0.2) is 5.78 Å². The summed E-state index contributed by atoms with van der Waals surface area (Å²) in [7, 11) is 0. The summed E-state index contributed by atoms with van der Waals surface area (Å²) in [5.74, 6) is 0.969. The van der Waals surface area contributed by atoms with E-state index in [1.807, 2.05) is 42.5 Å². The van der Waals surface area contributed by atoms with Crippen LogP contribution in [0.2, 0.25) is 0 Å². The second-order valence-corrected chi connectivity index (χ2v) is 7.41. The molecule has 148 valence electrons. The lowest BCUT2D eigenvalue weighted by Crippen LogP contribution is -2.16. The Morgan fingerprint density at radius 1 is 0.966 bits per heavy atom. The van der Waals surface area contributed by atoms with E-state index in [0.29, 0.717) is 12.1 Å². The normalized spacial score (nSPS) is 14.3. The predicted octanol–water partition coefficient (Wildman–Crippen LogP) is 4.50. The van der Waals surface area contributed by atoms with Crippen molar-refractivity contribution < 1.29 is 14.6 Å². The van der Waals surface area contributed by atoms with Crippen LogP contribution >= 0.6 is 0 Å². The van der Waals surface area contributed by atoms with Crippen LogP contribution in [0, 0.1) is 0 Å². The van der Waals surface area contributed by atoms with Crippen molar-refractivity contribution in [2.75, 3.05) is 6.61 Å². The summed E-state index contributed by atoms with van der Waals surface area (Å²) in [5, 5.41) is 10.4. The molecule has 1 heterocycles. The number of aryl methyl sites for hydroxylation is 1. The van der Waals surface area contributed by atoms with Crippen LogP contribution in [0.25, 0.3) is 0 Å². The van der Waals surface area contributed by atoms with Crippen molar-refractivity contribution >= 4 is 5.78 Å². The Labute approximate surface area is 171 Å². The summed E-state index contributed by atoms with van der Waals surface area (Å²) >= 11 is 0. The van der Waals surface area contributed by atoms with Gasteiger partial charge in [-0.05, 0) is 66.6 Å². The summed E-state index contributed by atoms with van der Waals surface area (Å²) in [4.78, 5) is 16.6. The van der Waals surface area contributed by atoms with E-state index in [9.17, 15) is 9.90 Å². The number of ketones is 1. The molecular formula is C25H25NO3. The molecule has 29 heavy (non-hydrogen) atoms. The Balaban J connectivity index is 1.57. The van der Waals surface area contributed by atoms with Crippen molar-refractivity contribution in [1.29, 1.82) is 0 Å². The van der Waals surface area contributed by atoms with Gasteiger partial charge in [-0.25, -0.2) is 0 Å². The van der Waals surface area contributed by atoms with Gasteiger partial charge in [0.2, 0.25) is 0 Å². The topological polar surface area (TPSA) is 59.4 Å². The first-order chi connectivity index (χ1) is 14.2. The first-order valence-electron chi connectivity index (χ1n) is 10.2. The Bertz CT molecular complexity index is 970. The van der Waals surface area contributed by atoms with Crippen LogP contribution in [0.5, 0.6) is 5.75 Å². The number of aliphatic hydroxyl groups excluding tert-OH is 1. The van der Waals surface area contributed by atoms with E-state index in [4.69, 9.17) is 4.74 Å². The first-order valence-corrected chi connectivity index (χ1v) is 10.2. The standard InChI is InChI=1S/C25H25NO3/c27-23-11-6-9-19-20(23)14-15-25(21(19)13-12-18-7-2-1-3-8-18)29-17-24(28)22-10-4-5-16-26-22/h1-5,7-8,10,14-16,24,28H,6,9,11-13,17H2. The highest BCUT2D eigenvalue weighted by atomic mass is 16.5. The molecule has 0 bridgehead atoms. The van der Waals surface area contributed by atoms with Crippen LogP contribution in [0.1, 0.15) is 51.7 Å². The SMILES string of the molecule is O=C1CCCc2c1ccc(OCC(O)c1ccccn1)c2CCc1ccccc1. The summed E-state index contributed by atoms with van der Waals surface area (Å²) in [5.41, 5.74) is 4.88. The number of carbonyl (C=O) groups excluding carboxylic acids is 1. The number of nitrogens with zero attached hydrogens (tertiary/aromatic N) is 1. The molecule has 1 aromatic heterocycles. The molecule has 3 aromatic rings. The van der Waals surface area contributed by atoms with Crippen molar-refractivity contribution in [3.8, 4) is 5.75 Å². The second kappa shape index (κ2) is 9.01. The fraction of sp³-hybridized carbons (Fsp3) is 0.280. The van der Waals surface area contributed by atoms with Crippen LogP contribution in [0.3, 0.4) is 0 Å². The minimum absolute atomic E-state index is 0.127. The molecule has 4 heteroatoms. The third-order valence-corrected chi connectivity index (χ3v) is 5.45. The van der Waals surface area contributed by atoms with E-state index >= 15 is 0 Å². The van der Waals surface area contributed by atoms with E-state index < -0.39 is 6.10 Å². The first kappa shape index (κ1) is 19.3. The zero-order valence-electron chi connectivity index (χ0n) is 16.4. The number of carbonyl (C=O) groups is 1. The molecule has 0 saturated heterocycles. The molecule has 1 unspecified atom stereocenters. The average Bonchev–Trinajstić information content (AvgIpc) is 2.77. The number of ether oxygens (including phenoxy) is 1. The van der Waals surface area contributed by atoms with E-state index in [2.05, 4.69) is 17.1 Å². The molecule has 0 radical (unpaired) electrons. The van der Waals surface area contributed by atoms with Crippen molar-refractivity contribution in [3.63, 3.8) is 0 Å². The maximum atomic E-state index is 12.4. The lowest BCUT2D eigenvalue weighted by Gasteiger charge is -2.22. The molecule has 0 fully saturated rings. The summed E-state index contributed by atoms with van der Waals surface area (Å²) in [6.07, 6.45) is 4.93. The highest BCUT2D eigenvalue weighted by Gasteiger charge is 2.23. The number of aliphatic hydroxyl groups is 1. The number of hydrogen-bond donors (Lipinski definition) is 1. The zero-order valence-corrected chi connectivity index (χ0v) is 16.4. The molecule has 1 aliphatic carbocycles. The maximum absolute atomic E-state index is 12.4. The van der Waals surface area contributed by atoms with E-state index in [-0.39, 0.29) is 12.4 Å². The molecule has 0 amide bonds. The van der Waals surface area contributed by atoms with Gasteiger partial charge in [-0.3, -0.25) is 9.78 Å². The number of hydrogen-bond acceptors (Lipinski definition) is 4. The zero-order chi connectivity index (χ0) is 20.1. The van der Waals surface area contributed by atoms with Crippen LogP contribution in [-0.2, 0) is 19.3 Å². The molecule has 0 spiro atoms. The molecule has 0 saturated carbocycles. The molecule has 2 aromatic carbocycles. The summed E-state index contributed by atoms with van der Waals surface area (Å²) in [6, 6.07) is 19.5. The van der Waals surface area contributed by atoms with E-state index in [1.54, 1.807) is 12.3 Å². The van der Waals surface area contributed by atoms with Gasteiger partial charge in [-0.15, -0.1) is 0 Å². The molecule has 1 aliphatic rings. The molecule has 1 N–H and O–H groups in total. The number of pyridine rings is 1. The van der Waals surface area contributed by atoms with Gasteiger partial charge < -0.3 is 9.84 Å². The highest BCUT2D eigenvalue weighted by Crippen LogP contribution is 2.33. The van der Waals surface area contributed by atoms with Crippen LogP contribution in [0.4, 0.5) is 0 Å². The molecule has 4 rings (SSSR count). The van der Waals surface area contributed by atoms with Gasteiger partial charge in [-0.1, -0.05) is 36.4 Å². The van der Waals surface area contributed by atoms with Gasteiger partial charge in [0, 0.05) is 18.2 Å². The fourth-order valence-corrected chi connectivity index (χ4v) is 3.93. The molecule has 0 aliphatic heterocycles. The van der Waals surface area contributed by atoms with Crippen LogP contribution in [0.15, 0.2) is 66.9 Å². The fourth-order valence-electron chi connectivity index (χ4n) is 3.93. The van der Waals surface area contributed by atoms with Crippen LogP contribution in [-0.4, -0.2) is 22.5 Å². The molecule has 4 nitrogen and oxygen atoms in total. The number of aromatic nitrogens is 1. The second-order valence-electron chi connectivity index (χ2n) is 7.41. The molecular weight excluding hydrogens is 362 g/mol. The van der Waals surface area contributed by atoms with Gasteiger partial charge in [-0.2, -0.15) is 0 Å².